The van der Waals surface area contributed by atoms with Gasteiger partial charge in [-0.15, -0.1) is 0 Å². The van der Waals surface area contributed by atoms with E-state index in [2.05, 4.69) is 5.32 Å². The molecule has 2 aromatic rings. The monoisotopic (exact) mass is 427 g/mol. The molecule has 8 heteroatoms. The third-order valence-electron chi connectivity index (χ3n) is 4.84. The van der Waals surface area contributed by atoms with E-state index in [4.69, 9.17) is 11.6 Å². The molecule has 1 heterocycles. The van der Waals surface area contributed by atoms with Crippen molar-refractivity contribution in [1.82, 2.24) is 5.32 Å². The van der Waals surface area contributed by atoms with E-state index in [1.807, 2.05) is 19.1 Å². The summed E-state index contributed by atoms with van der Waals surface area (Å²) in [6, 6.07) is 13.2. The standard InChI is InChI=1S/C19H22ClNO4S2/c1-2-14-5-9-17(10-6-14)27(24,25)19-13-26(22,23)12-18(19)21-11-15-3-7-16(20)8-4-15/h3-10,18-19,21H,2,11-13H2,1H3/t18-,19-/m0/s1. The fourth-order valence-corrected chi connectivity index (χ4v) is 8.10. The molecule has 1 saturated heterocycles. The Labute approximate surface area is 165 Å². The van der Waals surface area contributed by atoms with Gasteiger partial charge >= 0.3 is 0 Å². The third kappa shape index (κ3) is 4.71. The molecule has 1 aliphatic heterocycles. The summed E-state index contributed by atoms with van der Waals surface area (Å²) in [6.45, 7) is 2.36. The summed E-state index contributed by atoms with van der Waals surface area (Å²) in [6.07, 6.45) is 0.809. The number of rotatable bonds is 6. The van der Waals surface area contributed by atoms with E-state index in [-0.39, 0.29) is 16.4 Å². The van der Waals surface area contributed by atoms with Crippen molar-refractivity contribution in [2.45, 2.75) is 36.1 Å². The molecular weight excluding hydrogens is 406 g/mol. The summed E-state index contributed by atoms with van der Waals surface area (Å²) in [5, 5.41) is 2.73. The molecule has 2 atom stereocenters. The first-order valence-electron chi connectivity index (χ1n) is 8.72. The van der Waals surface area contributed by atoms with E-state index < -0.39 is 31.0 Å². The summed E-state index contributed by atoms with van der Waals surface area (Å²) in [5.41, 5.74) is 1.94. The van der Waals surface area contributed by atoms with Crippen LogP contribution < -0.4 is 5.32 Å². The van der Waals surface area contributed by atoms with Gasteiger partial charge in [-0.25, -0.2) is 16.8 Å². The fourth-order valence-electron chi connectivity index (χ4n) is 3.25. The minimum absolute atomic E-state index is 0.167. The van der Waals surface area contributed by atoms with Crippen molar-refractivity contribution in [2.24, 2.45) is 0 Å². The van der Waals surface area contributed by atoms with Crippen molar-refractivity contribution in [2.75, 3.05) is 11.5 Å². The second kappa shape index (κ2) is 7.91. The van der Waals surface area contributed by atoms with Crippen LogP contribution in [0.25, 0.3) is 0 Å². The first kappa shape index (κ1) is 20.3. The molecule has 0 radical (unpaired) electrons. The van der Waals surface area contributed by atoms with Crippen LogP contribution in [0.2, 0.25) is 5.02 Å². The molecule has 2 aromatic carbocycles. The van der Waals surface area contributed by atoms with Gasteiger partial charge in [0.05, 0.1) is 21.7 Å². The van der Waals surface area contributed by atoms with Crippen LogP contribution in [0.4, 0.5) is 0 Å². The molecule has 1 aliphatic rings. The van der Waals surface area contributed by atoms with Crippen molar-refractivity contribution < 1.29 is 16.8 Å². The third-order valence-corrected chi connectivity index (χ3v) is 9.26. The Morgan fingerprint density at radius 3 is 2.19 bits per heavy atom. The number of benzene rings is 2. The van der Waals surface area contributed by atoms with Gasteiger partial charge in [-0.3, -0.25) is 0 Å². The Morgan fingerprint density at radius 1 is 1.00 bits per heavy atom. The maximum Gasteiger partial charge on any atom is 0.183 e. The number of hydrogen-bond donors (Lipinski definition) is 1. The molecule has 0 bridgehead atoms. The number of aryl methyl sites for hydroxylation is 1. The van der Waals surface area contributed by atoms with Gasteiger partial charge in [0.2, 0.25) is 0 Å². The summed E-state index contributed by atoms with van der Waals surface area (Å²) >= 11 is 5.87. The predicted molar refractivity (Wildman–Crippen MR) is 108 cm³/mol. The Morgan fingerprint density at radius 2 is 1.59 bits per heavy atom. The summed E-state index contributed by atoms with van der Waals surface area (Å²) < 4.78 is 50.5. The lowest BCUT2D eigenvalue weighted by atomic mass is 10.2. The van der Waals surface area contributed by atoms with E-state index in [1.165, 1.54) is 0 Å². The highest BCUT2D eigenvalue weighted by Gasteiger charge is 2.45. The second-order valence-electron chi connectivity index (χ2n) is 6.77. The molecule has 0 unspecified atom stereocenters. The molecule has 1 N–H and O–H groups in total. The molecule has 27 heavy (non-hydrogen) atoms. The molecule has 0 aliphatic carbocycles. The maximum absolute atomic E-state index is 13.1. The lowest BCUT2D eigenvalue weighted by Gasteiger charge is -2.20. The Bertz CT molecular complexity index is 1000. The largest absolute Gasteiger partial charge is 0.308 e. The molecule has 146 valence electrons. The predicted octanol–water partition coefficient (Wildman–Crippen LogP) is 2.63. The molecule has 0 saturated carbocycles. The van der Waals surface area contributed by atoms with Gasteiger partial charge in [0.15, 0.2) is 19.7 Å². The van der Waals surface area contributed by atoms with Crippen molar-refractivity contribution in [1.29, 1.82) is 0 Å². The average Bonchev–Trinajstić information content (AvgIpc) is 2.97. The normalized spacial score (nSPS) is 22.0. The van der Waals surface area contributed by atoms with Crippen molar-refractivity contribution in [3.05, 3.63) is 64.7 Å². The van der Waals surface area contributed by atoms with E-state index in [9.17, 15) is 16.8 Å². The molecule has 0 amide bonds. The lowest BCUT2D eigenvalue weighted by molar-refractivity contribution is 0.526. The zero-order chi connectivity index (χ0) is 19.7. The van der Waals surface area contributed by atoms with Crippen LogP contribution in [-0.4, -0.2) is 39.6 Å². The van der Waals surface area contributed by atoms with Crippen LogP contribution in [0.3, 0.4) is 0 Å². The maximum atomic E-state index is 13.1. The lowest BCUT2D eigenvalue weighted by Crippen LogP contribution is -2.43. The van der Waals surface area contributed by atoms with E-state index >= 15 is 0 Å². The molecule has 0 aromatic heterocycles. The minimum atomic E-state index is -3.76. The van der Waals surface area contributed by atoms with Gasteiger partial charge < -0.3 is 5.32 Å². The van der Waals surface area contributed by atoms with Crippen LogP contribution in [0, 0.1) is 0 Å². The van der Waals surface area contributed by atoms with E-state index in [0.717, 1.165) is 17.5 Å². The van der Waals surface area contributed by atoms with Gasteiger partial charge in [0, 0.05) is 17.6 Å². The number of halogens is 1. The average molecular weight is 428 g/mol. The molecule has 0 spiro atoms. The van der Waals surface area contributed by atoms with Gasteiger partial charge in [-0.2, -0.15) is 0 Å². The highest BCUT2D eigenvalue weighted by Crippen LogP contribution is 2.26. The minimum Gasteiger partial charge on any atom is -0.308 e. The number of hydrogen-bond acceptors (Lipinski definition) is 5. The molecular formula is C19H22ClNO4S2. The smallest absolute Gasteiger partial charge is 0.183 e. The van der Waals surface area contributed by atoms with Gasteiger partial charge in [0.1, 0.15) is 0 Å². The van der Waals surface area contributed by atoms with Gasteiger partial charge in [0.25, 0.3) is 0 Å². The summed E-state index contributed by atoms with van der Waals surface area (Å²) in [5.74, 6) is -0.541. The van der Waals surface area contributed by atoms with E-state index in [0.29, 0.717) is 11.6 Å². The van der Waals surface area contributed by atoms with Gasteiger partial charge in [-0.05, 0) is 41.8 Å². The first-order chi connectivity index (χ1) is 12.7. The van der Waals surface area contributed by atoms with Gasteiger partial charge in [-0.1, -0.05) is 42.8 Å². The van der Waals surface area contributed by atoms with Crippen molar-refractivity contribution >= 4 is 31.3 Å². The first-order valence-corrected chi connectivity index (χ1v) is 12.5. The van der Waals surface area contributed by atoms with Crippen molar-refractivity contribution in [3.8, 4) is 0 Å². The Kier molecular flexibility index (Phi) is 5.96. The zero-order valence-electron chi connectivity index (χ0n) is 14.9. The Hall–Kier alpha value is -1.41. The van der Waals surface area contributed by atoms with Crippen LogP contribution in [0.5, 0.6) is 0 Å². The number of nitrogens with one attached hydrogen (secondary N) is 1. The molecule has 5 nitrogen and oxygen atoms in total. The summed E-state index contributed by atoms with van der Waals surface area (Å²) in [4.78, 5) is 0.167. The zero-order valence-corrected chi connectivity index (χ0v) is 17.3. The number of sulfone groups is 2. The van der Waals surface area contributed by atoms with Crippen LogP contribution in [0.15, 0.2) is 53.4 Å². The fraction of sp³-hybridized carbons (Fsp3) is 0.368. The highest BCUT2D eigenvalue weighted by atomic mass is 35.5. The van der Waals surface area contributed by atoms with Crippen LogP contribution in [-0.2, 0) is 32.6 Å². The summed E-state index contributed by atoms with van der Waals surface area (Å²) in [7, 11) is -7.18. The molecule has 3 rings (SSSR count). The topological polar surface area (TPSA) is 80.3 Å². The molecule has 1 fully saturated rings. The second-order valence-corrected chi connectivity index (χ2v) is 11.5. The quantitative estimate of drug-likeness (QED) is 0.766. The van der Waals surface area contributed by atoms with Crippen LogP contribution >= 0.6 is 11.6 Å². The highest BCUT2D eigenvalue weighted by molar-refractivity contribution is 7.96. The van der Waals surface area contributed by atoms with E-state index in [1.54, 1.807) is 36.4 Å². The Balaban J connectivity index is 1.82. The SMILES string of the molecule is CCc1ccc(S(=O)(=O)[C@H]2CS(=O)(=O)C[C@@H]2NCc2ccc(Cl)cc2)cc1. The van der Waals surface area contributed by atoms with Crippen LogP contribution in [0.1, 0.15) is 18.1 Å². The van der Waals surface area contributed by atoms with Crippen molar-refractivity contribution in [3.63, 3.8) is 0 Å².